The molecular formula is C27H29FN6O3. The summed E-state index contributed by atoms with van der Waals surface area (Å²) in [6.07, 6.45) is 2.09. The summed E-state index contributed by atoms with van der Waals surface area (Å²) in [5, 5.41) is 19.4. The molecular weight excluding hydrogens is 475 g/mol. The first kappa shape index (κ1) is 24.7. The number of ether oxygens (including phenoxy) is 1. The Balaban J connectivity index is 1.23. The van der Waals surface area contributed by atoms with Crippen LogP contribution in [-0.4, -0.2) is 61.5 Å². The van der Waals surface area contributed by atoms with Crippen LogP contribution in [0.15, 0.2) is 47.0 Å². The molecule has 2 aromatic carbocycles. The number of nitriles is 1. The molecule has 0 unspecified atom stereocenters. The molecule has 2 aliphatic heterocycles. The second-order valence-corrected chi connectivity index (χ2v) is 9.26. The fourth-order valence-electron chi connectivity index (χ4n) is 4.99. The molecule has 1 aromatic heterocycles. The number of carbonyl (C=O) groups is 1. The Labute approximate surface area is 214 Å². The zero-order chi connectivity index (χ0) is 25.8. The Bertz CT molecular complexity index is 1290. The summed E-state index contributed by atoms with van der Waals surface area (Å²) in [5.74, 6) is 0.0532. The van der Waals surface area contributed by atoms with Crippen LogP contribution in [0, 0.1) is 24.1 Å². The number of benzene rings is 2. The summed E-state index contributed by atoms with van der Waals surface area (Å²) in [6, 6.07) is 13.5. The lowest BCUT2D eigenvalue weighted by Crippen LogP contribution is -2.49. The van der Waals surface area contributed by atoms with Gasteiger partial charge in [-0.25, -0.2) is 9.18 Å². The molecule has 192 valence electrons. The van der Waals surface area contributed by atoms with Gasteiger partial charge in [0.2, 0.25) is 0 Å². The van der Waals surface area contributed by atoms with E-state index >= 15 is 0 Å². The van der Waals surface area contributed by atoms with Gasteiger partial charge in [0.25, 0.3) is 0 Å². The van der Waals surface area contributed by atoms with Crippen LogP contribution in [0.5, 0.6) is 0 Å². The number of halogens is 1. The van der Waals surface area contributed by atoms with E-state index in [0.717, 1.165) is 57.9 Å². The van der Waals surface area contributed by atoms with E-state index < -0.39 is 6.03 Å². The van der Waals surface area contributed by atoms with E-state index in [4.69, 9.17) is 9.26 Å². The Morgan fingerprint density at radius 3 is 2.51 bits per heavy atom. The zero-order valence-electron chi connectivity index (χ0n) is 20.7. The van der Waals surface area contributed by atoms with Gasteiger partial charge in [-0.2, -0.15) is 5.26 Å². The minimum Gasteiger partial charge on any atom is -0.379 e. The summed E-state index contributed by atoms with van der Waals surface area (Å²) in [7, 11) is 0. The monoisotopic (exact) mass is 504 g/mol. The standard InChI is InChI=1S/C27H29FN6O3/c1-18-25(26(32-37-18)19-2-4-21(28)5-3-19)31-27(35)30-22-6-7-24(20(16-22)17-29)34-10-8-23(9-11-34)33-12-14-36-15-13-33/h2-7,16,23H,8-15H2,1H3,(H2,30,31,35). The van der Waals surface area contributed by atoms with Crippen LogP contribution in [0.3, 0.4) is 0 Å². The molecule has 10 heteroatoms. The number of urea groups is 1. The molecule has 5 rings (SSSR count). The van der Waals surface area contributed by atoms with Gasteiger partial charge in [0.05, 0.1) is 24.5 Å². The molecule has 9 nitrogen and oxygen atoms in total. The second kappa shape index (κ2) is 11.0. The van der Waals surface area contributed by atoms with Crippen LogP contribution < -0.4 is 15.5 Å². The molecule has 0 spiro atoms. The lowest BCUT2D eigenvalue weighted by molar-refractivity contribution is 0.0115. The predicted octanol–water partition coefficient (Wildman–Crippen LogP) is 4.61. The maximum Gasteiger partial charge on any atom is 0.323 e. The summed E-state index contributed by atoms with van der Waals surface area (Å²) >= 11 is 0. The van der Waals surface area contributed by atoms with Crippen molar-refractivity contribution in [1.82, 2.24) is 10.1 Å². The summed E-state index contributed by atoms with van der Waals surface area (Å²) in [5.41, 5.74) is 3.30. The van der Waals surface area contributed by atoms with E-state index in [2.05, 4.69) is 31.7 Å². The maximum absolute atomic E-state index is 13.3. The lowest BCUT2D eigenvalue weighted by Gasteiger charge is -2.41. The van der Waals surface area contributed by atoms with Crippen molar-refractivity contribution in [2.24, 2.45) is 0 Å². The predicted molar refractivity (Wildman–Crippen MR) is 138 cm³/mol. The third kappa shape index (κ3) is 5.58. The normalized spacial score (nSPS) is 16.8. The van der Waals surface area contributed by atoms with E-state index in [-0.39, 0.29) is 5.82 Å². The molecule has 2 aliphatic rings. The molecule has 2 N–H and O–H groups in total. The molecule has 3 heterocycles. The highest BCUT2D eigenvalue weighted by Crippen LogP contribution is 2.31. The lowest BCUT2D eigenvalue weighted by atomic mass is 10.0. The first-order valence-corrected chi connectivity index (χ1v) is 12.4. The van der Waals surface area contributed by atoms with Crippen molar-refractivity contribution in [3.05, 3.63) is 59.6 Å². The number of hydrogen-bond donors (Lipinski definition) is 2. The maximum atomic E-state index is 13.3. The van der Waals surface area contributed by atoms with Crippen molar-refractivity contribution in [2.75, 3.05) is 54.9 Å². The van der Waals surface area contributed by atoms with Crippen molar-refractivity contribution in [2.45, 2.75) is 25.8 Å². The minimum absolute atomic E-state index is 0.366. The van der Waals surface area contributed by atoms with Gasteiger partial charge in [0.15, 0.2) is 5.76 Å². The summed E-state index contributed by atoms with van der Waals surface area (Å²) < 4.78 is 24.0. The van der Waals surface area contributed by atoms with Gasteiger partial charge in [-0.1, -0.05) is 5.16 Å². The molecule has 0 bridgehead atoms. The third-order valence-corrected chi connectivity index (χ3v) is 6.96. The molecule has 2 saturated heterocycles. The van der Waals surface area contributed by atoms with Gasteiger partial charge in [-0.3, -0.25) is 4.90 Å². The number of anilines is 3. The van der Waals surface area contributed by atoms with Gasteiger partial charge in [0, 0.05) is 43.5 Å². The van der Waals surface area contributed by atoms with E-state index in [0.29, 0.717) is 40.0 Å². The van der Waals surface area contributed by atoms with Gasteiger partial charge in [0.1, 0.15) is 23.3 Å². The van der Waals surface area contributed by atoms with E-state index in [9.17, 15) is 14.4 Å². The SMILES string of the molecule is Cc1onc(-c2ccc(F)cc2)c1NC(=O)Nc1ccc(N2CCC(N3CCOCC3)CC2)c(C#N)c1. The highest BCUT2D eigenvalue weighted by Gasteiger charge is 2.27. The number of hydrogen-bond acceptors (Lipinski definition) is 7. The smallest absolute Gasteiger partial charge is 0.323 e. The highest BCUT2D eigenvalue weighted by atomic mass is 19.1. The number of nitrogens with zero attached hydrogens (tertiary/aromatic N) is 4. The number of piperidine rings is 1. The fourth-order valence-corrected chi connectivity index (χ4v) is 4.99. The number of nitrogens with one attached hydrogen (secondary N) is 2. The number of amides is 2. The van der Waals surface area contributed by atoms with Gasteiger partial charge >= 0.3 is 6.03 Å². The molecule has 3 aromatic rings. The van der Waals surface area contributed by atoms with Gasteiger partial charge < -0.3 is 24.8 Å². The highest BCUT2D eigenvalue weighted by molar-refractivity contribution is 6.02. The van der Waals surface area contributed by atoms with Crippen molar-refractivity contribution in [1.29, 1.82) is 5.26 Å². The number of aromatic nitrogens is 1. The number of carbonyl (C=O) groups excluding carboxylic acids is 1. The van der Waals surface area contributed by atoms with Crippen molar-refractivity contribution < 1.29 is 18.4 Å². The van der Waals surface area contributed by atoms with E-state index in [1.807, 2.05) is 6.07 Å². The fraction of sp³-hybridized carbons (Fsp3) is 0.370. The minimum atomic E-state index is -0.502. The number of aryl methyl sites for hydroxylation is 1. The number of morpholine rings is 1. The van der Waals surface area contributed by atoms with Crippen molar-refractivity contribution in [3.63, 3.8) is 0 Å². The average Bonchev–Trinajstić information content (AvgIpc) is 3.29. The first-order valence-electron chi connectivity index (χ1n) is 12.4. The van der Waals surface area contributed by atoms with Crippen LogP contribution in [0.25, 0.3) is 11.3 Å². The quantitative estimate of drug-likeness (QED) is 0.523. The zero-order valence-corrected chi connectivity index (χ0v) is 20.7. The molecule has 37 heavy (non-hydrogen) atoms. The largest absolute Gasteiger partial charge is 0.379 e. The molecule has 0 atom stereocenters. The van der Waals surface area contributed by atoms with Gasteiger partial charge in [-0.15, -0.1) is 0 Å². The van der Waals surface area contributed by atoms with E-state index in [1.54, 1.807) is 31.2 Å². The van der Waals surface area contributed by atoms with E-state index in [1.165, 1.54) is 12.1 Å². The topological polar surface area (TPSA) is 107 Å². The molecule has 2 amide bonds. The number of rotatable bonds is 5. The molecule has 0 aliphatic carbocycles. The van der Waals surface area contributed by atoms with Gasteiger partial charge in [-0.05, 0) is 62.2 Å². The average molecular weight is 505 g/mol. The van der Waals surface area contributed by atoms with Crippen molar-refractivity contribution >= 4 is 23.1 Å². The van der Waals surface area contributed by atoms with Crippen LogP contribution >= 0.6 is 0 Å². The Hall–Kier alpha value is -3.94. The molecule has 0 radical (unpaired) electrons. The first-order chi connectivity index (χ1) is 18.0. The Kier molecular flexibility index (Phi) is 7.35. The van der Waals surface area contributed by atoms with Crippen LogP contribution in [-0.2, 0) is 4.74 Å². The van der Waals surface area contributed by atoms with Crippen molar-refractivity contribution in [3.8, 4) is 17.3 Å². The third-order valence-electron chi connectivity index (χ3n) is 6.96. The summed E-state index contributed by atoms with van der Waals surface area (Å²) in [4.78, 5) is 17.5. The Morgan fingerprint density at radius 2 is 1.81 bits per heavy atom. The second-order valence-electron chi connectivity index (χ2n) is 9.26. The van der Waals surface area contributed by atoms with Crippen LogP contribution in [0.4, 0.5) is 26.2 Å². The van der Waals surface area contributed by atoms with Crippen LogP contribution in [0.1, 0.15) is 24.2 Å². The molecule has 2 fully saturated rings. The summed E-state index contributed by atoms with van der Waals surface area (Å²) in [6.45, 7) is 7.00. The molecule has 0 saturated carbocycles. The van der Waals surface area contributed by atoms with Crippen LogP contribution in [0.2, 0.25) is 0 Å². The Morgan fingerprint density at radius 1 is 1.08 bits per heavy atom.